The molecule has 1 amide bonds. The molecule has 0 bridgehead atoms. The summed E-state index contributed by atoms with van der Waals surface area (Å²) in [4.78, 5) is 21.8. The number of carbonyl (C=O) groups excluding carboxylic acids is 1. The van der Waals surface area contributed by atoms with Crippen molar-refractivity contribution in [2.45, 2.75) is 12.8 Å². The molecule has 11 heteroatoms. The van der Waals surface area contributed by atoms with Crippen molar-refractivity contribution in [3.05, 3.63) is 11.9 Å². The zero-order chi connectivity index (χ0) is 15.0. The fourth-order valence-electron chi connectivity index (χ4n) is 2.71. The summed E-state index contributed by atoms with van der Waals surface area (Å²) in [7, 11) is -3.66. The topological polar surface area (TPSA) is 130 Å². The van der Waals surface area contributed by atoms with Gasteiger partial charge in [-0.15, -0.1) is 12.4 Å². The van der Waals surface area contributed by atoms with Crippen molar-refractivity contribution in [3.8, 4) is 0 Å². The van der Waals surface area contributed by atoms with Crippen molar-refractivity contribution in [3.63, 3.8) is 0 Å². The van der Waals surface area contributed by atoms with Crippen LogP contribution in [0.25, 0.3) is 0 Å². The summed E-state index contributed by atoms with van der Waals surface area (Å²) < 4.78 is 24.2. The third-order valence-electron chi connectivity index (χ3n) is 3.68. The Bertz CT molecular complexity index is 682. The van der Waals surface area contributed by atoms with Gasteiger partial charge in [-0.2, -0.15) is 8.42 Å². The smallest absolute Gasteiger partial charge is 0.274 e. The molecule has 3 rings (SSSR count). The van der Waals surface area contributed by atoms with Crippen LogP contribution in [0, 0.1) is 5.92 Å². The molecule has 1 unspecified atom stereocenters. The van der Waals surface area contributed by atoms with Crippen LogP contribution in [0.2, 0.25) is 0 Å². The minimum Gasteiger partial charge on any atom is -0.356 e. The van der Waals surface area contributed by atoms with Crippen LogP contribution in [0.5, 0.6) is 0 Å². The highest BCUT2D eigenvalue weighted by Gasteiger charge is 2.30. The molecule has 22 heavy (non-hydrogen) atoms. The second-order valence-electron chi connectivity index (χ2n) is 5.24. The predicted octanol–water partition coefficient (Wildman–Crippen LogP) is -0.988. The highest BCUT2D eigenvalue weighted by Crippen LogP contribution is 2.31. The number of rotatable bonds is 4. The minimum atomic E-state index is -3.66. The SMILES string of the molecule is Cl.NS(=O)(=O)NCC1CCN(c2ncnc3c2CC(=O)N3)C1. The molecule has 1 atom stereocenters. The van der Waals surface area contributed by atoms with Crippen LogP contribution >= 0.6 is 12.4 Å². The molecule has 2 aliphatic heterocycles. The predicted molar refractivity (Wildman–Crippen MR) is 83.0 cm³/mol. The molecule has 1 aromatic rings. The summed E-state index contributed by atoms with van der Waals surface area (Å²) in [6, 6.07) is 0. The van der Waals surface area contributed by atoms with Gasteiger partial charge in [-0.25, -0.2) is 19.8 Å². The third-order valence-corrected chi connectivity index (χ3v) is 4.25. The molecule has 1 fully saturated rings. The Morgan fingerprint density at radius 1 is 1.45 bits per heavy atom. The Morgan fingerprint density at radius 2 is 2.23 bits per heavy atom. The lowest BCUT2D eigenvalue weighted by molar-refractivity contribution is -0.115. The number of fused-ring (bicyclic) bond motifs is 1. The summed E-state index contributed by atoms with van der Waals surface area (Å²) >= 11 is 0. The van der Waals surface area contributed by atoms with Gasteiger partial charge in [0.25, 0.3) is 10.2 Å². The van der Waals surface area contributed by atoms with E-state index in [-0.39, 0.29) is 30.7 Å². The van der Waals surface area contributed by atoms with Crippen LogP contribution in [0.3, 0.4) is 0 Å². The molecule has 0 radical (unpaired) electrons. The molecule has 2 aliphatic rings. The second-order valence-corrected chi connectivity index (χ2v) is 6.62. The van der Waals surface area contributed by atoms with Gasteiger partial charge in [-0.1, -0.05) is 0 Å². The van der Waals surface area contributed by atoms with Gasteiger partial charge in [0.1, 0.15) is 18.0 Å². The van der Waals surface area contributed by atoms with E-state index in [9.17, 15) is 13.2 Å². The lowest BCUT2D eigenvalue weighted by Gasteiger charge is -2.19. The van der Waals surface area contributed by atoms with Gasteiger partial charge in [0.15, 0.2) is 0 Å². The molecule has 1 saturated heterocycles. The first kappa shape index (κ1) is 16.9. The largest absolute Gasteiger partial charge is 0.356 e. The number of hydrogen-bond donors (Lipinski definition) is 3. The van der Waals surface area contributed by atoms with Crippen molar-refractivity contribution in [1.29, 1.82) is 0 Å². The Morgan fingerprint density at radius 3 is 2.95 bits per heavy atom. The average molecular weight is 349 g/mol. The number of anilines is 2. The van der Waals surface area contributed by atoms with E-state index in [0.717, 1.165) is 24.3 Å². The van der Waals surface area contributed by atoms with Crippen molar-refractivity contribution in [2.24, 2.45) is 11.1 Å². The summed E-state index contributed by atoms with van der Waals surface area (Å²) in [5.41, 5.74) is 0.808. The van der Waals surface area contributed by atoms with Gasteiger partial charge in [0.05, 0.1) is 6.42 Å². The highest BCUT2D eigenvalue weighted by molar-refractivity contribution is 7.87. The van der Waals surface area contributed by atoms with E-state index in [0.29, 0.717) is 18.9 Å². The van der Waals surface area contributed by atoms with Gasteiger partial charge >= 0.3 is 0 Å². The molecular weight excluding hydrogens is 332 g/mol. The molecule has 0 saturated carbocycles. The number of amides is 1. The van der Waals surface area contributed by atoms with Crippen LogP contribution < -0.4 is 20.1 Å². The maximum Gasteiger partial charge on any atom is 0.274 e. The summed E-state index contributed by atoms with van der Waals surface area (Å²) in [5.74, 6) is 1.39. The van der Waals surface area contributed by atoms with Crippen molar-refractivity contribution in [2.75, 3.05) is 29.9 Å². The van der Waals surface area contributed by atoms with Crippen LogP contribution in [0.4, 0.5) is 11.6 Å². The molecule has 0 aromatic carbocycles. The Balaban J connectivity index is 0.00000176. The number of nitrogens with one attached hydrogen (secondary N) is 2. The molecule has 9 nitrogen and oxygen atoms in total. The summed E-state index contributed by atoms with van der Waals surface area (Å²) in [5, 5.41) is 7.62. The van der Waals surface area contributed by atoms with Crippen molar-refractivity contribution in [1.82, 2.24) is 14.7 Å². The molecule has 122 valence electrons. The van der Waals surface area contributed by atoms with Crippen molar-refractivity contribution >= 4 is 40.2 Å². The zero-order valence-electron chi connectivity index (χ0n) is 11.7. The fourth-order valence-corrected chi connectivity index (χ4v) is 3.18. The Labute approximate surface area is 134 Å². The van der Waals surface area contributed by atoms with Crippen LogP contribution in [-0.2, 0) is 21.4 Å². The van der Waals surface area contributed by atoms with Gasteiger partial charge in [0, 0.05) is 25.2 Å². The zero-order valence-corrected chi connectivity index (χ0v) is 13.3. The van der Waals surface area contributed by atoms with E-state index < -0.39 is 10.2 Å². The molecule has 1 aromatic heterocycles. The number of hydrogen-bond acceptors (Lipinski definition) is 6. The quantitative estimate of drug-likeness (QED) is 0.640. The first-order chi connectivity index (χ1) is 9.92. The van der Waals surface area contributed by atoms with E-state index in [1.165, 1.54) is 6.33 Å². The van der Waals surface area contributed by atoms with E-state index in [4.69, 9.17) is 5.14 Å². The molecule has 0 spiro atoms. The van der Waals surface area contributed by atoms with E-state index >= 15 is 0 Å². The normalized spacial score (nSPS) is 20.5. The van der Waals surface area contributed by atoms with Gasteiger partial charge in [-0.05, 0) is 12.3 Å². The number of aromatic nitrogens is 2. The standard InChI is InChI=1S/C11H16N6O3S.ClH/c12-21(19,20)15-4-7-1-2-17(5-7)11-8-3-9(18)16-10(8)13-6-14-11;/h6-7,15H,1-5H2,(H2,12,19,20)(H,13,14,16,18);1H. The van der Waals surface area contributed by atoms with Crippen LogP contribution in [-0.4, -0.2) is 43.9 Å². The van der Waals surface area contributed by atoms with Gasteiger partial charge in [-0.3, -0.25) is 4.79 Å². The molecular formula is C11H17ClN6O3S. The van der Waals surface area contributed by atoms with E-state index in [1.807, 2.05) is 0 Å². The van der Waals surface area contributed by atoms with Crippen molar-refractivity contribution < 1.29 is 13.2 Å². The number of carbonyl (C=O) groups is 1. The lowest BCUT2D eigenvalue weighted by atomic mass is 10.1. The average Bonchev–Trinajstić information content (AvgIpc) is 2.99. The maximum atomic E-state index is 11.5. The number of nitrogens with two attached hydrogens (primary N) is 1. The first-order valence-corrected chi connectivity index (χ1v) is 8.13. The second kappa shape index (κ2) is 6.32. The third kappa shape index (κ3) is 3.64. The fraction of sp³-hybridized carbons (Fsp3) is 0.545. The highest BCUT2D eigenvalue weighted by atomic mass is 35.5. The molecule has 4 N–H and O–H groups in total. The number of nitrogens with zero attached hydrogens (tertiary/aromatic N) is 3. The molecule has 3 heterocycles. The van der Waals surface area contributed by atoms with Gasteiger partial charge in [0.2, 0.25) is 5.91 Å². The van der Waals surface area contributed by atoms with Crippen LogP contribution in [0.1, 0.15) is 12.0 Å². The van der Waals surface area contributed by atoms with E-state index in [1.54, 1.807) is 0 Å². The maximum absolute atomic E-state index is 11.5. The monoisotopic (exact) mass is 348 g/mol. The summed E-state index contributed by atoms with van der Waals surface area (Å²) in [6.45, 7) is 1.73. The lowest BCUT2D eigenvalue weighted by Crippen LogP contribution is -2.35. The Kier molecular flexibility index (Phi) is 4.85. The van der Waals surface area contributed by atoms with Gasteiger partial charge < -0.3 is 10.2 Å². The first-order valence-electron chi connectivity index (χ1n) is 6.58. The number of halogens is 1. The van der Waals surface area contributed by atoms with E-state index in [2.05, 4.69) is 24.9 Å². The minimum absolute atomic E-state index is 0. The Hall–Kier alpha value is -1.49. The summed E-state index contributed by atoms with van der Waals surface area (Å²) in [6.07, 6.45) is 2.54. The van der Waals surface area contributed by atoms with Crippen LogP contribution in [0.15, 0.2) is 6.33 Å². The molecule has 0 aliphatic carbocycles.